The molecule has 0 bridgehead atoms. The highest BCUT2D eigenvalue weighted by Crippen LogP contribution is 2.54. The molecule has 2 fully saturated rings. The molecule has 0 saturated heterocycles. The predicted octanol–water partition coefficient (Wildman–Crippen LogP) is 2.16. The highest BCUT2D eigenvalue weighted by atomic mass is 35.5. The molecule has 88 valence electrons. The van der Waals surface area contributed by atoms with Gasteiger partial charge in [-0.15, -0.1) is 33.4 Å². The SMILES string of the molecule is Nn1c(SC[C@@H]2CC2(Cl)Cl)nnc1C1CC1. The average molecular weight is 279 g/mol. The maximum Gasteiger partial charge on any atom is 0.209 e. The van der Waals surface area contributed by atoms with Gasteiger partial charge in [-0.25, -0.2) is 4.68 Å². The van der Waals surface area contributed by atoms with Crippen LogP contribution in [0.5, 0.6) is 0 Å². The van der Waals surface area contributed by atoms with Gasteiger partial charge in [0.1, 0.15) is 4.33 Å². The normalized spacial score (nSPS) is 27.0. The van der Waals surface area contributed by atoms with E-state index in [-0.39, 0.29) is 0 Å². The van der Waals surface area contributed by atoms with E-state index in [0.29, 0.717) is 11.8 Å². The van der Waals surface area contributed by atoms with E-state index in [1.54, 1.807) is 16.4 Å². The number of halogens is 2. The predicted molar refractivity (Wildman–Crippen MR) is 65.4 cm³/mol. The van der Waals surface area contributed by atoms with Crippen LogP contribution in [-0.4, -0.2) is 25.0 Å². The number of alkyl halides is 2. The molecule has 7 heteroatoms. The van der Waals surface area contributed by atoms with Crippen molar-refractivity contribution in [1.82, 2.24) is 14.9 Å². The summed E-state index contributed by atoms with van der Waals surface area (Å²) in [5.41, 5.74) is 0. The number of nitrogens with two attached hydrogens (primary N) is 1. The maximum absolute atomic E-state index is 5.96. The summed E-state index contributed by atoms with van der Waals surface area (Å²) in [6, 6.07) is 0. The fourth-order valence-corrected chi connectivity index (χ4v) is 3.43. The van der Waals surface area contributed by atoms with Crippen molar-refractivity contribution in [3.8, 4) is 0 Å². The zero-order chi connectivity index (χ0) is 11.3. The molecule has 0 aliphatic heterocycles. The lowest BCUT2D eigenvalue weighted by molar-refractivity contribution is 0.788. The first-order chi connectivity index (χ1) is 7.58. The molecule has 1 heterocycles. The summed E-state index contributed by atoms with van der Waals surface area (Å²) in [5.74, 6) is 8.55. The lowest BCUT2D eigenvalue weighted by Gasteiger charge is -2.02. The molecule has 1 atom stereocenters. The van der Waals surface area contributed by atoms with E-state index >= 15 is 0 Å². The molecule has 1 aromatic heterocycles. The van der Waals surface area contributed by atoms with Gasteiger partial charge in [0, 0.05) is 17.6 Å². The van der Waals surface area contributed by atoms with Crippen molar-refractivity contribution in [2.45, 2.75) is 34.7 Å². The highest BCUT2D eigenvalue weighted by molar-refractivity contribution is 7.99. The Hall–Kier alpha value is -0.130. The van der Waals surface area contributed by atoms with Crippen LogP contribution in [0.2, 0.25) is 0 Å². The molecule has 4 nitrogen and oxygen atoms in total. The standard InChI is InChI=1S/C9H12Cl2N4S/c10-9(11)3-6(9)4-16-8-14-13-7(15(8)12)5-1-2-5/h5-6H,1-4,12H2/t6-/m0/s1. The third-order valence-corrected chi connectivity index (χ3v) is 5.03. The molecular weight excluding hydrogens is 267 g/mol. The van der Waals surface area contributed by atoms with Crippen molar-refractivity contribution in [2.75, 3.05) is 11.6 Å². The van der Waals surface area contributed by atoms with E-state index in [4.69, 9.17) is 29.0 Å². The van der Waals surface area contributed by atoms with Crippen molar-refractivity contribution in [3.63, 3.8) is 0 Å². The van der Waals surface area contributed by atoms with E-state index < -0.39 is 4.33 Å². The molecule has 2 aliphatic rings. The summed E-state index contributed by atoms with van der Waals surface area (Å²) in [6.07, 6.45) is 3.21. The average Bonchev–Trinajstić information content (AvgIpc) is 3.10. The summed E-state index contributed by atoms with van der Waals surface area (Å²) in [5, 5.41) is 8.96. The van der Waals surface area contributed by atoms with Gasteiger partial charge in [0.25, 0.3) is 0 Å². The second-order valence-corrected chi connectivity index (χ2v) is 6.99. The summed E-state index contributed by atoms with van der Waals surface area (Å²) in [7, 11) is 0. The minimum absolute atomic E-state index is 0.349. The van der Waals surface area contributed by atoms with E-state index in [1.165, 1.54) is 12.8 Å². The zero-order valence-corrected chi connectivity index (χ0v) is 10.9. The lowest BCUT2D eigenvalue weighted by Crippen LogP contribution is -2.13. The monoisotopic (exact) mass is 278 g/mol. The number of thioether (sulfide) groups is 1. The maximum atomic E-state index is 5.96. The van der Waals surface area contributed by atoms with Gasteiger partial charge in [0.05, 0.1) is 0 Å². The summed E-state index contributed by atoms with van der Waals surface area (Å²) in [4.78, 5) is 0. The molecule has 0 radical (unpaired) electrons. The second-order valence-electron chi connectivity index (χ2n) is 4.46. The Morgan fingerprint density at radius 1 is 1.44 bits per heavy atom. The Bertz CT molecular complexity index is 416. The third-order valence-electron chi connectivity index (χ3n) is 3.00. The Balaban J connectivity index is 1.62. The Morgan fingerprint density at radius 2 is 2.12 bits per heavy atom. The van der Waals surface area contributed by atoms with Gasteiger partial charge in [0.15, 0.2) is 5.82 Å². The molecule has 0 aromatic carbocycles. The van der Waals surface area contributed by atoms with E-state index in [2.05, 4.69) is 10.2 Å². The minimum atomic E-state index is -0.522. The van der Waals surface area contributed by atoms with Crippen molar-refractivity contribution >= 4 is 35.0 Å². The van der Waals surface area contributed by atoms with Crippen molar-refractivity contribution in [1.29, 1.82) is 0 Å². The molecule has 16 heavy (non-hydrogen) atoms. The first kappa shape index (κ1) is 11.0. The number of nitrogen functional groups attached to an aromatic ring is 1. The summed E-state index contributed by atoms with van der Waals surface area (Å²) >= 11 is 13.5. The van der Waals surface area contributed by atoms with Gasteiger partial charge in [-0.05, 0) is 19.3 Å². The first-order valence-corrected chi connectivity index (χ1v) is 7.03. The Kier molecular flexibility index (Phi) is 2.53. The summed E-state index contributed by atoms with van der Waals surface area (Å²) < 4.78 is 1.08. The van der Waals surface area contributed by atoms with Gasteiger partial charge >= 0.3 is 0 Å². The Labute approximate surface area is 108 Å². The number of nitrogens with zero attached hydrogens (tertiary/aromatic N) is 3. The van der Waals surface area contributed by atoms with Gasteiger partial charge < -0.3 is 5.84 Å². The van der Waals surface area contributed by atoms with Crippen molar-refractivity contribution in [2.24, 2.45) is 5.92 Å². The second kappa shape index (κ2) is 3.68. The first-order valence-electron chi connectivity index (χ1n) is 5.29. The minimum Gasteiger partial charge on any atom is -0.336 e. The largest absolute Gasteiger partial charge is 0.336 e. The molecule has 2 saturated carbocycles. The lowest BCUT2D eigenvalue weighted by atomic mass is 10.4. The van der Waals surface area contributed by atoms with Crippen LogP contribution < -0.4 is 5.84 Å². The van der Waals surface area contributed by atoms with Gasteiger partial charge in [-0.2, -0.15) is 0 Å². The fraction of sp³-hybridized carbons (Fsp3) is 0.778. The third kappa shape index (κ3) is 2.00. The molecule has 0 amide bonds. The van der Waals surface area contributed by atoms with Crippen LogP contribution in [-0.2, 0) is 0 Å². The molecule has 2 aliphatic carbocycles. The number of hydrogen-bond acceptors (Lipinski definition) is 4. The van der Waals surface area contributed by atoms with Crippen LogP contribution in [0.4, 0.5) is 0 Å². The highest BCUT2D eigenvalue weighted by Gasteiger charge is 2.51. The van der Waals surface area contributed by atoms with Crippen LogP contribution >= 0.6 is 35.0 Å². The van der Waals surface area contributed by atoms with Crippen molar-refractivity contribution < 1.29 is 0 Å². The topological polar surface area (TPSA) is 56.7 Å². The number of aromatic nitrogens is 3. The number of hydrogen-bond donors (Lipinski definition) is 1. The molecule has 2 N–H and O–H groups in total. The van der Waals surface area contributed by atoms with Crippen LogP contribution in [0.25, 0.3) is 0 Å². The van der Waals surface area contributed by atoms with Gasteiger partial charge in [0.2, 0.25) is 5.16 Å². The van der Waals surface area contributed by atoms with Gasteiger partial charge in [-0.1, -0.05) is 11.8 Å². The quantitative estimate of drug-likeness (QED) is 0.521. The summed E-state index contributed by atoms with van der Waals surface area (Å²) in [6.45, 7) is 0. The van der Waals surface area contributed by atoms with Crippen molar-refractivity contribution in [3.05, 3.63) is 5.82 Å². The Morgan fingerprint density at radius 3 is 2.69 bits per heavy atom. The number of rotatable bonds is 4. The molecular formula is C9H12Cl2N4S. The van der Waals surface area contributed by atoms with Crippen LogP contribution in [0, 0.1) is 5.92 Å². The van der Waals surface area contributed by atoms with Crippen LogP contribution in [0.3, 0.4) is 0 Å². The van der Waals surface area contributed by atoms with Gasteiger partial charge in [-0.3, -0.25) is 0 Å². The van der Waals surface area contributed by atoms with Crippen LogP contribution in [0.1, 0.15) is 31.0 Å². The van der Waals surface area contributed by atoms with E-state index in [0.717, 1.165) is 23.2 Å². The molecule has 0 spiro atoms. The smallest absolute Gasteiger partial charge is 0.209 e. The fourth-order valence-electron chi connectivity index (χ4n) is 1.63. The molecule has 0 unspecified atom stereocenters. The van der Waals surface area contributed by atoms with E-state index in [1.807, 2.05) is 0 Å². The molecule has 3 rings (SSSR count). The zero-order valence-electron chi connectivity index (χ0n) is 8.57. The van der Waals surface area contributed by atoms with E-state index in [9.17, 15) is 0 Å². The van der Waals surface area contributed by atoms with Crippen LogP contribution in [0.15, 0.2) is 5.16 Å². The molecule has 1 aromatic rings.